The van der Waals surface area contributed by atoms with Gasteiger partial charge in [-0.1, -0.05) is 19.1 Å². The topological polar surface area (TPSA) is 102 Å². The molecule has 0 fully saturated rings. The largest absolute Gasteiger partial charge is 0.454 e. The third-order valence-electron chi connectivity index (χ3n) is 3.89. The van der Waals surface area contributed by atoms with E-state index in [-0.39, 0.29) is 36.3 Å². The number of amides is 3. The van der Waals surface area contributed by atoms with Gasteiger partial charge in [-0.3, -0.25) is 14.4 Å². The molecule has 1 aliphatic heterocycles. The van der Waals surface area contributed by atoms with Gasteiger partial charge in [-0.05, 0) is 12.1 Å². The van der Waals surface area contributed by atoms with Crippen LogP contribution in [0.2, 0.25) is 0 Å². The molecule has 1 aliphatic rings. The lowest BCUT2D eigenvalue weighted by atomic mass is 10.1. The fraction of sp³-hybridized carbons (Fsp3) is 0.235. The second-order valence-corrected chi connectivity index (χ2v) is 5.51. The molecule has 9 nitrogen and oxygen atoms in total. The Morgan fingerprint density at radius 3 is 2.35 bits per heavy atom. The number of imide groups is 1. The molecule has 3 amide bonds. The molecule has 26 heavy (non-hydrogen) atoms. The van der Waals surface area contributed by atoms with E-state index in [0.29, 0.717) is 5.01 Å². The summed E-state index contributed by atoms with van der Waals surface area (Å²) >= 11 is 0. The molecule has 1 aromatic heterocycles. The molecule has 0 N–H and O–H groups in total. The van der Waals surface area contributed by atoms with E-state index in [1.165, 1.54) is 30.9 Å². The minimum absolute atomic E-state index is 0.0110. The van der Waals surface area contributed by atoms with Crippen molar-refractivity contribution in [3.63, 3.8) is 0 Å². The maximum absolute atomic E-state index is 12.6. The fourth-order valence-electron chi connectivity index (χ4n) is 2.51. The van der Waals surface area contributed by atoms with E-state index in [1.807, 2.05) is 0 Å². The highest BCUT2D eigenvalue weighted by Gasteiger charge is 2.42. The highest BCUT2D eigenvalue weighted by atomic mass is 16.7. The van der Waals surface area contributed by atoms with Crippen LogP contribution in [0.25, 0.3) is 0 Å². The summed E-state index contributed by atoms with van der Waals surface area (Å²) in [5, 5.41) is 1.56. The first kappa shape index (κ1) is 17.3. The van der Waals surface area contributed by atoms with Crippen LogP contribution in [0.4, 0.5) is 4.79 Å². The van der Waals surface area contributed by atoms with Gasteiger partial charge in [0.25, 0.3) is 11.8 Å². The van der Waals surface area contributed by atoms with Gasteiger partial charge in [0.1, 0.15) is 12.1 Å². The second-order valence-electron chi connectivity index (χ2n) is 5.51. The summed E-state index contributed by atoms with van der Waals surface area (Å²) in [4.78, 5) is 58.3. The Hall–Kier alpha value is -3.49. The Morgan fingerprint density at radius 1 is 1.15 bits per heavy atom. The van der Waals surface area contributed by atoms with Crippen molar-refractivity contribution >= 4 is 23.7 Å². The number of benzene rings is 1. The standard InChI is InChI=1S/C17H16N4O5/c1-2-12(22)7-9-20(17(25)26-19-10-8-18-11-19)21-15(23)13-5-3-4-6-14(13)16(21)24/h3-6,8,10-11H,2,7,9H2,1H3. The maximum atomic E-state index is 12.6. The Labute approximate surface area is 148 Å². The predicted molar refractivity (Wildman–Crippen MR) is 87.8 cm³/mol. The van der Waals surface area contributed by atoms with Crippen molar-refractivity contribution in [2.75, 3.05) is 6.54 Å². The number of Topliss-reactive ketones (excluding diaryl/α,β-unsaturated/α-hetero) is 1. The summed E-state index contributed by atoms with van der Waals surface area (Å²) in [6, 6.07) is 6.27. The highest BCUT2D eigenvalue weighted by molar-refractivity contribution is 6.21. The van der Waals surface area contributed by atoms with Crippen LogP contribution >= 0.6 is 0 Å². The van der Waals surface area contributed by atoms with Gasteiger partial charge in [-0.15, -0.1) is 0 Å². The first-order chi connectivity index (χ1) is 12.5. The van der Waals surface area contributed by atoms with Gasteiger partial charge in [-0.2, -0.15) is 9.74 Å². The monoisotopic (exact) mass is 356 g/mol. The van der Waals surface area contributed by atoms with Gasteiger partial charge in [0.2, 0.25) is 0 Å². The summed E-state index contributed by atoms with van der Waals surface area (Å²) in [6.45, 7) is 1.53. The number of carbonyl (C=O) groups is 4. The van der Waals surface area contributed by atoms with E-state index in [1.54, 1.807) is 19.1 Å². The van der Waals surface area contributed by atoms with Crippen molar-refractivity contribution in [1.82, 2.24) is 19.7 Å². The lowest BCUT2D eigenvalue weighted by molar-refractivity contribution is -0.119. The van der Waals surface area contributed by atoms with Crippen molar-refractivity contribution < 1.29 is 24.0 Å². The van der Waals surface area contributed by atoms with Gasteiger partial charge in [-0.25, -0.2) is 14.8 Å². The maximum Gasteiger partial charge on any atom is 0.454 e. The van der Waals surface area contributed by atoms with E-state index in [9.17, 15) is 19.2 Å². The zero-order chi connectivity index (χ0) is 18.7. The summed E-state index contributed by atoms with van der Waals surface area (Å²) in [5.41, 5.74) is 0.388. The smallest absolute Gasteiger partial charge is 0.315 e. The number of ketones is 1. The molecular weight excluding hydrogens is 340 g/mol. The van der Waals surface area contributed by atoms with E-state index < -0.39 is 17.9 Å². The van der Waals surface area contributed by atoms with Gasteiger partial charge >= 0.3 is 6.09 Å². The van der Waals surface area contributed by atoms with E-state index in [4.69, 9.17) is 4.84 Å². The molecule has 9 heteroatoms. The lowest BCUT2D eigenvalue weighted by Crippen LogP contribution is -2.52. The molecule has 0 atom stereocenters. The molecule has 0 unspecified atom stereocenters. The predicted octanol–water partition coefficient (Wildman–Crippen LogP) is 1.31. The van der Waals surface area contributed by atoms with E-state index in [2.05, 4.69) is 4.98 Å². The van der Waals surface area contributed by atoms with Crippen molar-refractivity contribution in [1.29, 1.82) is 0 Å². The Balaban J connectivity index is 1.87. The Morgan fingerprint density at radius 2 is 1.81 bits per heavy atom. The molecule has 0 aliphatic carbocycles. The zero-order valence-corrected chi connectivity index (χ0v) is 14.0. The molecule has 2 aromatic rings. The number of hydrogen-bond acceptors (Lipinski definition) is 6. The van der Waals surface area contributed by atoms with Crippen LogP contribution in [0.1, 0.15) is 40.5 Å². The van der Waals surface area contributed by atoms with Crippen LogP contribution in [0, 0.1) is 0 Å². The van der Waals surface area contributed by atoms with Crippen LogP contribution in [0.5, 0.6) is 0 Å². The lowest BCUT2D eigenvalue weighted by Gasteiger charge is -2.28. The average molecular weight is 356 g/mol. The summed E-state index contributed by atoms with van der Waals surface area (Å²) in [7, 11) is 0. The third kappa shape index (κ3) is 3.18. The Kier molecular flexibility index (Phi) is 4.78. The molecule has 2 heterocycles. The number of nitrogens with zero attached hydrogens (tertiary/aromatic N) is 4. The molecule has 0 radical (unpaired) electrons. The zero-order valence-electron chi connectivity index (χ0n) is 14.0. The van der Waals surface area contributed by atoms with E-state index >= 15 is 0 Å². The van der Waals surface area contributed by atoms with E-state index in [0.717, 1.165) is 9.74 Å². The summed E-state index contributed by atoms with van der Waals surface area (Å²) < 4.78 is 1.04. The van der Waals surface area contributed by atoms with Gasteiger partial charge in [0.15, 0.2) is 0 Å². The van der Waals surface area contributed by atoms with Crippen LogP contribution in [-0.2, 0) is 4.79 Å². The highest BCUT2D eigenvalue weighted by Crippen LogP contribution is 2.24. The Bertz CT molecular complexity index is 827. The van der Waals surface area contributed by atoms with Crippen molar-refractivity contribution in [2.24, 2.45) is 0 Å². The SMILES string of the molecule is CCC(=O)CCN(C(=O)On1ccnc1)N1C(=O)c2ccccc2C1=O. The number of hydrazine groups is 1. The fourth-order valence-corrected chi connectivity index (χ4v) is 2.51. The van der Waals surface area contributed by atoms with Crippen molar-refractivity contribution in [3.05, 3.63) is 54.1 Å². The molecule has 0 saturated carbocycles. The van der Waals surface area contributed by atoms with Crippen molar-refractivity contribution in [3.8, 4) is 0 Å². The first-order valence-corrected chi connectivity index (χ1v) is 8.00. The number of rotatable bonds is 6. The molecule has 0 bridgehead atoms. The molecular formula is C17H16N4O5. The number of aromatic nitrogens is 2. The van der Waals surface area contributed by atoms with Crippen molar-refractivity contribution in [2.45, 2.75) is 19.8 Å². The minimum Gasteiger partial charge on any atom is -0.315 e. The molecule has 134 valence electrons. The second kappa shape index (κ2) is 7.18. The quantitative estimate of drug-likeness (QED) is 0.723. The first-order valence-electron chi connectivity index (χ1n) is 8.00. The average Bonchev–Trinajstić information content (AvgIpc) is 3.24. The van der Waals surface area contributed by atoms with Crippen LogP contribution < -0.4 is 4.84 Å². The molecule has 0 spiro atoms. The number of imidazole rings is 1. The van der Waals surface area contributed by atoms with Crippen LogP contribution in [-0.4, -0.2) is 50.0 Å². The number of hydrogen-bond donors (Lipinski definition) is 0. The normalized spacial score (nSPS) is 12.9. The van der Waals surface area contributed by atoms with Crippen LogP contribution in [0.15, 0.2) is 43.0 Å². The van der Waals surface area contributed by atoms with Gasteiger partial charge in [0, 0.05) is 19.0 Å². The molecule has 0 saturated heterocycles. The van der Waals surface area contributed by atoms with Crippen LogP contribution in [0.3, 0.4) is 0 Å². The third-order valence-corrected chi connectivity index (χ3v) is 3.89. The number of carbonyl (C=O) groups excluding carboxylic acids is 4. The number of fused-ring (bicyclic) bond motifs is 1. The molecule has 1 aromatic carbocycles. The van der Waals surface area contributed by atoms with Gasteiger partial charge in [0.05, 0.1) is 23.9 Å². The summed E-state index contributed by atoms with van der Waals surface area (Å²) in [5.74, 6) is -1.39. The summed E-state index contributed by atoms with van der Waals surface area (Å²) in [6.07, 6.45) is 3.34. The molecule has 3 rings (SSSR count). The van der Waals surface area contributed by atoms with Gasteiger partial charge < -0.3 is 4.84 Å². The minimum atomic E-state index is -0.971.